The molecule has 5 aromatic rings. The Hall–Kier alpha value is -5.63. The minimum atomic E-state index is -0.698. The van der Waals surface area contributed by atoms with Crippen molar-refractivity contribution in [2.45, 2.75) is 0 Å². The number of rotatable bonds is 6. The Balaban J connectivity index is 1.83. The van der Waals surface area contributed by atoms with Crippen molar-refractivity contribution in [3.05, 3.63) is 99.0 Å². The van der Waals surface area contributed by atoms with Crippen molar-refractivity contribution < 1.29 is 19.0 Å². The Bertz CT molecular complexity index is 1850. The number of aromatic hydroxyl groups is 1. The maximum atomic E-state index is 13.8. The minimum absolute atomic E-state index is 0.0544. The van der Waals surface area contributed by atoms with E-state index >= 15 is 0 Å². The van der Waals surface area contributed by atoms with E-state index in [4.69, 9.17) is 13.9 Å². The van der Waals surface area contributed by atoms with Gasteiger partial charge in [-0.1, -0.05) is 0 Å². The summed E-state index contributed by atoms with van der Waals surface area (Å²) < 4.78 is 17.7. The fourth-order valence-electron chi connectivity index (χ4n) is 3.89. The van der Waals surface area contributed by atoms with Crippen molar-refractivity contribution in [2.24, 2.45) is 5.10 Å². The standard InChI is InChI=1S/C27H19N5O6/c1-36-18-8-6-17(7-9-18)31-26(34)21(14-28)20-13-22(16-5-10-23(33)24(12-16)37-2)32(27(35)25(20)30-31)29-15-19-4-3-11-38-19/h3-13,15,33H,1-2H3/b29-15+. The van der Waals surface area contributed by atoms with Crippen molar-refractivity contribution in [2.75, 3.05) is 14.2 Å². The summed E-state index contributed by atoms with van der Waals surface area (Å²) in [7, 11) is 2.90. The second-order valence-corrected chi connectivity index (χ2v) is 7.96. The van der Waals surface area contributed by atoms with Crippen LogP contribution in [0.2, 0.25) is 0 Å². The van der Waals surface area contributed by atoms with Gasteiger partial charge in [0.15, 0.2) is 17.0 Å². The fourth-order valence-corrected chi connectivity index (χ4v) is 3.89. The quantitative estimate of drug-likeness (QED) is 0.343. The van der Waals surface area contributed by atoms with Gasteiger partial charge in [-0.2, -0.15) is 24.8 Å². The summed E-state index contributed by atoms with van der Waals surface area (Å²) in [5.74, 6) is 1.00. The lowest BCUT2D eigenvalue weighted by atomic mass is 10.1. The van der Waals surface area contributed by atoms with Crippen LogP contribution in [-0.4, -0.2) is 40.0 Å². The third-order valence-corrected chi connectivity index (χ3v) is 5.78. The average Bonchev–Trinajstić information content (AvgIpc) is 3.46. The van der Waals surface area contributed by atoms with Gasteiger partial charge in [-0.25, -0.2) is 0 Å². The molecule has 0 aliphatic rings. The Morgan fingerprint density at radius 1 is 1.05 bits per heavy atom. The molecular weight excluding hydrogens is 490 g/mol. The molecule has 0 amide bonds. The smallest absolute Gasteiger partial charge is 0.299 e. The highest BCUT2D eigenvalue weighted by atomic mass is 16.5. The number of nitrogens with zero attached hydrogens (tertiary/aromatic N) is 5. The largest absolute Gasteiger partial charge is 0.504 e. The van der Waals surface area contributed by atoms with Crippen molar-refractivity contribution >= 4 is 17.1 Å². The van der Waals surface area contributed by atoms with Crippen molar-refractivity contribution in [3.63, 3.8) is 0 Å². The van der Waals surface area contributed by atoms with Gasteiger partial charge in [0.25, 0.3) is 11.1 Å². The molecule has 0 saturated carbocycles. The maximum absolute atomic E-state index is 13.8. The van der Waals surface area contributed by atoms with E-state index in [0.29, 0.717) is 22.8 Å². The molecule has 188 valence electrons. The van der Waals surface area contributed by atoms with Gasteiger partial charge in [-0.3, -0.25) is 9.59 Å². The molecular formula is C27H19N5O6. The molecule has 3 aromatic heterocycles. The summed E-state index contributed by atoms with van der Waals surface area (Å²) in [6.07, 6.45) is 2.81. The first-order valence-corrected chi connectivity index (χ1v) is 11.2. The number of phenolic OH excluding ortho intramolecular Hbond substituents is 1. The highest BCUT2D eigenvalue weighted by Crippen LogP contribution is 2.32. The molecule has 3 heterocycles. The van der Waals surface area contributed by atoms with Gasteiger partial charge in [-0.15, -0.1) is 0 Å². The molecule has 11 heteroatoms. The summed E-state index contributed by atoms with van der Waals surface area (Å²) >= 11 is 0. The number of ether oxygens (including phenoxy) is 2. The van der Waals surface area contributed by atoms with Gasteiger partial charge in [0, 0.05) is 10.9 Å². The number of methoxy groups -OCH3 is 2. The average molecular weight is 509 g/mol. The van der Waals surface area contributed by atoms with Crippen LogP contribution in [-0.2, 0) is 0 Å². The zero-order valence-corrected chi connectivity index (χ0v) is 20.2. The molecule has 0 bridgehead atoms. The van der Waals surface area contributed by atoms with Crippen LogP contribution in [0.4, 0.5) is 0 Å². The molecule has 0 unspecified atom stereocenters. The van der Waals surface area contributed by atoms with E-state index < -0.39 is 11.1 Å². The number of hydrogen-bond donors (Lipinski definition) is 1. The topological polar surface area (TPSA) is 145 Å². The summed E-state index contributed by atoms with van der Waals surface area (Å²) in [5, 5.41) is 28.7. The Kier molecular flexibility index (Phi) is 6.20. The van der Waals surface area contributed by atoms with Crippen molar-refractivity contribution in [1.29, 1.82) is 5.26 Å². The zero-order chi connectivity index (χ0) is 26.8. The van der Waals surface area contributed by atoms with E-state index in [1.54, 1.807) is 42.5 Å². The van der Waals surface area contributed by atoms with Crippen LogP contribution in [0.1, 0.15) is 11.3 Å². The first-order chi connectivity index (χ1) is 18.4. The molecule has 38 heavy (non-hydrogen) atoms. The van der Waals surface area contributed by atoms with E-state index in [2.05, 4.69) is 10.2 Å². The van der Waals surface area contributed by atoms with Gasteiger partial charge in [0.2, 0.25) is 0 Å². The number of phenols is 1. The zero-order valence-electron chi connectivity index (χ0n) is 20.2. The predicted molar refractivity (Wildman–Crippen MR) is 138 cm³/mol. The van der Waals surface area contributed by atoms with Crippen LogP contribution < -0.4 is 20.6 Å². The molecule has 0 radical (unpaired) electrons. The van der Waals surface area contributed by atoms with Crippen LogP contribution in [0.15, 0.2) is 86.0 Å². The SMILES string of the molecule is COc1ccc(-n2nc3c(=O)n(/N=C/c4ccco4)c(-c4ccc(O)c(OC)c4)cc3c(C#N)c2=O)cc1. The first kappa shape index (κ1) is 24.1. The minimum Gasteiger partial charge on any atom is -0.504 e. The number of aromatic nitrogens is 3. The van der Waals surface area contributed by atoms with Gasteiger partial charge < -0.3 is 19.0 Å². The molecule has 11 nitrogen and oxygen atoms in total. The first-order valence-electron chi connectivity index (χ1n) is 11.2. The summed E-state index contributed by atoms with van der Waals surface area (Å²) in [6, 6.07) is 17.6. The van der Waals surface area contributed by atoms with E-state index in [-0.39, 0.29) is 33.7 Å². The second kappa shape index (κ2) is 9.79. The van der Waals surface area contributed by atoms with Gasteiger partial charge in [0.1, 0.15) is 23.1 Å². The summed E-state index contributed by atoms with van der Waals surface area (Å²) in [6.45, 7) is 0. The van der Waals surface area contributed by atoms with Crippen LogP contribution in [0, 0.1) is 11.3 Å². The monoisotopic (exact) mass is 509 g/mol. The number of nitriles is 1. The lowest BCUT2D eigenvalue weighted by Gasteiger charge is -2.13. The van der Waals surface area contributed by atoms with E-state index in [9.17, 15) is 20.0 Å². The lowest BCUT2D eigenvalue weighted by molar-refractivity contribution is 0.373. The fraction of sp³-hybridized carbons (Fsp3) is 0.0741. The van der Waals surface area contributed by atoms with E-state index in [1.165, 1.54) is 44.9 Å². The van der Waals surface area contributed by atoms with Gasteiger partial charge >= 0.3 is 0 Å². The Morgan fingerprint density at radius 2 is 1.84 bits per heavy atom. The number of pyridine rings is 1. The van der Waals surface area contributed by atoms with E-state index in [0.717, 1.165) is 9.36 Å². The van der Waals surface area contributed by atoms with Gasteiger partial charge in [0.05, 0.1) is 38.1 Å². The summed E-state index contributed by atoms with van der Waals surface area (Å²) in [5.41, 5.74) is -0.810. The van der Waals surface area contributed by atoms with E-state index in [1.807, 2.05) is 6.07 Å². The van der Waals surface area contributed by atoms with Crippen LogP contribution >= 0.6 is 0 Å². The Morgan fingerprint density at radius 3 is 2.50 bits per heavy atom. The molecule has 5 rings (SSSR count). The molecule has 0 saturated heterocycles. The molecule has 1 N–H and O–H groups in total. The van der Waals surface area contributed by atoms with Crippen LogP contribution in [0.5, 0.6) is 17.2 Å². The maximum Gasteiger partial charge on any atom is 0.299 e. The molecule has 0 aliphatic carbocycles. The molecule has 2 aromatic carbocycles. The summed E-state index contributed by atoms with van der Waals surface area (Å²) in [4.78, 5) is 27.1. The highest BCUT2D eigenvalue weighted by molar-refractivity contribution is 5.87. The normalized spacial score (nSPS) is 11.1. The molecule has 0 fully saturated rings. The molecule has 0 atom stereocenters. The predicted octanol–water partition coefficient (Wildman–Crippen LogP) is 3.28. The van der Waals surface area contributed by atoms with Crippen molar-refractivity contribution in [3.8, 4) is 40.3 Å². The third kappa shape index (κ3) is 4.16. The number of hydrogen-bond acceptors (Lipinski definition) is 9. The van der Waals surface area contributed by atoms with Crippen molar-refractivity contribution in [1.82, 2.24) is 14.5 Å². The number of furan rings is 1. The lowest BCUT2D eigenvalue weighted by Crippen LogP contribution is -2.29. The Labute approximate surface area is 214 Å². The number of benzene rings is 2. The highest BCUT2D eigenvalue weighted by Gasteiger charge is 2.20. The molecule has 0 aliphatic heterocycles. The second-order valence-electron chi connectivity index (χ2n) is 7.96. The molecule has 0 spiro atoms. The van der Waals surface area contributed by atoms with Crippen LogP contribution in [0.3, 0.4) is 0 Å². The van der Waals surface area contributed by atoms with Gasteiger partial charge in [-0.05, 0) is 60.7 Å². The number of fused-ring (bicyclic) bond motifs is 1. The third-order valence-electron chi connectivity index (χ3n) is 5.78. The van der Waals surface area contributed by atoms with Crippen LogP contribution in [0.25, 0.3) is 27.8 Å².